The summed E-state index contributed by atoms with van der Waals surface area (Å²) in [5.74, 6) is 0.367. The highest BCUT2D eigenvalue weighted by Crippen LogP contribution is 2.19. The fourth-order valence-electron chi connectivity index (χ4n) is 2.69. The number of hydrogen-bond donors (Lipinski definition) is 2. The number of anilines is 1. The molecule has 0 saturated carbocycles. The summed E-state index contributed by atoms with van der Waals surface area (Å²) >= 11 is 1.66. The van der Waals surface area contributed by atoms with Gasteiger partial charge in [0.2, 0.25) is 5.91 Å². The Labute approximate surface area is 140 Å². The van der Waals surface area contributed by atoms with Crippen LogP contribution in [0, 0.1) is 0 Å². The van der Waals surface area contributed by atoms with E-state index in [0.717, 1.165) is 31.9 Å². The van der Waals surface area contributed by atoms with Crippen LogP contribution in [-0.2, 0) is 11.3 Å². The van der Waals surface area contributed by atoms with E-state index >= 15 is 0 Å². The zero-order valence-electron chi connectivity index (χ0n) is 12.9. The molecule has 5 nitrogen and oxygen atoms in total. The maximum atomic E-state index is 12.0. The van der Waals surface area contributed by atoms with Crippen molar-refractivity contribution in [2.45, 2.75) is 6.54 Å². The Kier molecular flexibility index (Phi) is 5.15. The van der Waals surface area contributed by atoms with Crippen molar-refractivity contribution < 1.29 is 9.90 Å². The summed E-state index contributed by atoms with van der Waals surface area (Å²) in [6.45, 7) is 4.59. The maximum Gasteiger partial charge on any atom is 0.234 e. The zero-order chi connectivity index (χ0) is 16.1. The van der Waals surface area contributed by atoms with E-state index in [4.69, 9.17) is 0 Å². The standard InChI is InChI=1S/C17H21N3O2S/c21-15-5-3-14(4-6-15)20-9-7-19(8-10-20)13-17(22)18-12-16-2-1-11-23-16/h1-6,11,21H,7-10,12-13H2,(H,18,22). The fraction of sp³-hybridized carbons (Fsp3) is 0.353. The van der Waals surface area contributed by atoms with Crippen LogP contribution in [0.5, 0.6) is 5.75 Å². The highest BCUT2D eigenvalue weighted by Gasteiger charge is 2.19. The summed E-state index contributed by atoms with van der Waals surface area (Å²) in [5.41, 5.74) is 1.12. The molecule has 0 spiro atoms. The summed E-state index contributed by atoms with van der Waals surface area (Å²) in [4.78, 5) is 17.6. The average molecular weight is 331 g/mol. The third kappa shape index (κ3) is 4.46. The van der Waals surface area contributed by atoms with E-state index in [-0.39, 0.29) is 11.7 Å². The first-order valence-electron chi connectivity index (χ1n) is 7.76. The van der Waals surface area contributed by atoms with Gasteiger partial charge in [-0.2, -0.15) is 0 Å². The molecule has 2 aromatic rings. The van der Waals surface area contributed by atoms with Crippen LogP contribution in [-0.4, -0.2) is 48.6 Å². The van der Waals surface area contributed by atoms with Crippen LogP contribution in [0.3, 0.4) is 0 Å². The van der Waals surface area contributed by atoms with Gasteiger partial charge >= 0.3 is 0 Å². The molecule has 0 radical (unpaired) electrons. The average Bonchev–Trinajstić information content (AvgIpc) is 3.08. The Morgan fingerprint density at radius 2 is 1.87 bits per heavy atom. The van der Waals surface area contributed by atoms with Crippen LogP contribution < -0.4 is 10.2 Å². The Morgan fingerprint density at radius 3 is 2.52 bits per heavy atom. The van der Waals surface area contributed by atoms with Crippen molar-refractivity contribution >= 4 is 22.9 Å². The Morgan fingerprint density at radius 1 is 1.13 bits per heavy atom. The number of phenolic OH excluding ortho intramolecular Hbond substituents is 1. The SMILES string of the molecule is O=C(CN1CCN(c2ccc(O)cc2)CC1)NCc1cccs1. The van der Waals surface area contributed by atoms with Crippen molar-refractivity contribution in [1.82, 2.24) is 10.2 Å². The van der Waals surface area contributed by atoms with Crippen LogP contribution in [0.2, 0.25) is 0 Å². The molecule has 1 aromatic heterocycles. The van der Waals surface area contributed by atoms with Gasteiger partial charge in [0.1, 0.15) is 5.75 Å². The van der Waals surface area contributed by atoms with Crippen molar-refractivity contribution in [3.63, 3.8) is 0 Å². The van der Waals surface area contributed by atoms with E-state index in [1.165, 1.54) is 4.88 Å². The molecule has 1 saturated heterocycles. The molecular weight excluding hydrogens is 310 g/mol. The first-order valence-corrected chi connectivity index (χ1v) is 8.64. The first kappa shape index (κ1) is 15.8. The molecule has 0 atom stereocenters. The van der Waals surface area contributed by atoms with Crippen LogP contribution >= 0.6 is 11.3 Å². The van der Waals surface area contributed by atoms with E-state index in [2.05, 4.69) is 15.1 Å². The molecule has 3 rings (SSSR count). The van der Waals surface area contributed by atoms with Crippen molar-refractivity contribution in [3.8, 4) is 5.75 Å². The van der Waals surface area contributed by atoms with Gasteiger partial charge < -0.3 is 15.3 Å². The molecule has 2 N–H and O–H groups in total. The molecule has 1 amide bonds. The van der Waals surface area contributed by atoms with Gasteiger partial charge in [-0.05, 0) is 35.7 Å². The van der Waals surface area contributed by atoms with Crippen molar-refractivity contribution in [2.24, 2.45) is 0 Å². The summed E-state index contributed by atoms with van der Waals surface area (Å²) in [5, 5.41) is 14.3. The number of rotatable bonds is 5. The van der Waals surface area contributed by atoms with Gasteiger partial charge in [-0.3, -0.25) is 9.69 Å². The first-order chi connectivity index (χ1) is 11.2. The molecule has 122 valence electrons. The number of thiophene rings is 1. The third-order valence-electron chi connectivity index (χ3n) is 3.99. The quantitative estimate of drug-likeness (QED) is 0.878. The highest BCUT2D eigenvalue weighted by molar-refractivity contribution is 7.09. The van der Waals surface area contributed by atoms with E-state index in [9.17, 15) is 9.90 Å². The zero-order valence-corrected chi connectivity index (χ0v) is 13.8. The lowest BCUT2D eigenvalue weighted by atomic mass is 10.2. The molecule has 0 aliphatic carbocycles. The largest absolute Gasteiger partial charge is 0.508 e. The number of amides is 1. The molecule has 6 heteroatoms. The summed E-state index contributed by atoms with van der Waals surface area (Å²) in [7, 11) is 0. The maximum absolute atomic E-state index is 12.0. The molecule has 1 fully saturated rings. The predicted octanol–water partition coefficient (Wildman–Crippen LogP) is 1.89. The lowest BCUT2D eigenvalue weighted by Gasteiger charge is -2.35. The second kappa shape index (κ2) is 7.48. The van der Waals surface area contributed by atoms with Gasteiger partial charge in [-0.15, -0.1) is 11.3 Å². The number of nitrogens with one attached hydrogen (secondary N) is 1. The van der Waals surface area contributed by atoms with Crippen LogP contribution in [0.1, 0.15) is 4.88 Å². The second-order valence-electron chi connectivity index (χ2n) is 5.64. The Balaban J connectivity index is 1.42. The van der Waals surface area contributed by atoms with Crippen molar-refractivity contribution in [3.05, 3.63) is 46.7 Å². The Bertz CT molecular complexity index is 620. The lowest BCUT2D eigenvalue weighted by molar-refractivity contribution is -0.122. The third-order valence-corrected chi connectivity index (χ3v) is 4.87. The van der Waals surface area contributed by atoms with Gasteiger partial charge in [-0.1, -0.05) is 6.07 Å². The number of phenols is 1. The number of carbonyl (C=O) groups excluding carboxylic acids is 1. The van der Waals surface area contributed by atoms with Gasteiger partial charge in [0.25, 0.3) is 0 Å². The molecule has 1 aromatic carbocycles. The molecule has 1 aliphatic rings. The lowest BCUT2D eigenvalue weighted by Crippen LogP contribution is -2.49. The van der Waals surface area contributed by atoms with Crippen LogP contribution in [0.4, 0.5) is 5.69 Å². The molecule has 0 bridgehead atoms. The number of hydrogen-bond acceptors (Lipinski definition) is 5. The number of aromatic hydroxyl groups is 1. The molecule has 23 heavy (non-hydrogen) atoms. The summed E-state index contributed by atoms with van der Waals surface area (Å²) < 4.78 is 0. The van der Waals surface area contributed by atoms with Gasteiger partial charge in [-0.25, -0.2) is 0 Å². The number of nitrogens with zero attached hydrogens (tertiary/aromatic N) is 2. The Hall–Kier alpha value is -2.05. The predicted molar refractivity (Wildman–Crippen MR) is 92.9 cm³/mol. The number of piperazine rings is 1. The molecule has 2 heterocycles. The van der Waals surface area contributed by atoms with E-state index in [1.54, 1.807) is 23.5 Å². The van der Waals surface area contributed by atoms with Crippen LogP contribution in [0.15, 0.2) is 41.8 Å². The van der Waals surface area contributed by atoms with Crippen LogP contribution in [0.25, 0.3) is 0 Å². The topological polar surface area (TPSA) is 55.8 Å². The minimum Gasteiger partial charge on any atom is -0.508 e. The summed E-state index contributed by atoms with van der Waals surface area (Å²) in [6.07, 6.45) is 0. The molecule has 1 aliphatic heterocycles. The highest BCUT2D eigenvalue weighted by atomic mass is 32.1. The fourth-order valence-corrected chi connectivity index (χ4v) is 3.33. The molecular formula is C17H21N3O2S. The minimum atomic E-state index is 0.0801. The number of benzene rings is 1. The van der Waals surface area contributed by atoms with E-state index < -0.39 is 0 Å². The van der Waals surface area contributed by atoms with Crippen molar-refractivity contribution in [1.29, 1.82) is 0 Å². The van der Waals surface area contributed by atoms with E-state index in [0.29, 0.717) is 13.1 Å². The molecule has 0 unspecified atom stereocenters. The monoisotopic (exact) mass is 331 g/mol. The smallest absolute Gasteiger partial charge is 0.234 e. The minimum absolute atomic E-state index is 0.0801. The van der Waals surface area contributed by atoms with Gasteiger partial charge in [0.05, 0.1) is 13.1 Å². The number of carbonyl (C=O) groups is 1. The second-order valence-corrected chi connectivity index (χ2v) is 6.67. The normalized spacial score (nSPS) is 15.6. The van der Waals surface area contributed by atoms with Gasteiger partial charge in [0, 0.05) is 36.7 Å². The van der Waals surface area contributed by atoms with Crippen molar-refractivity contribution in [2.75, 3.05) is 37.6 Å². The van der Waals surface area contributed by atoms with E-state index in [1.807, 2.05) is 29.6 Å². The van der Waals surface area contributed by atoms with Gasteiger partial charge in [0.15, 0.2) is 0 Å². The summed E-state index contributed by atoms with van der Waals surface area (Å²) in [6, 6.07) is 11.3.